The number of piperazine rings is 1. The second-order valence-electron chi connectivity index (χ2n) is 9.30. The highest BCUT2D eigenvalue weighted by molar-refractivity contribution is 6.33. The first-order chi connectivity index (χ1) is 16.1. The summed E-state index contributed by atoms with van der Waals surface area (Å²) >= 11 is 6.53. The summed E-state index contributed by atoms with van der Waals surface area (Å²) in [5, 5.41) is 4.01. The minimum Gasteiger partial charge on any atom is -0.497 e. The van der Waals surface area contributed by atoms with Gasteiger partial charge >= 0.3 is 0 Å². The number of amides is 1. The van der Waals surface area contributed by atoms with Gasteiger partial charge in [0.1, 0.15) is 5.75 Å². The molecule has 2 aromatic carbocycles. The number of rotatable bonds is 6. The average Bonchev–Trinajstić information content (AvgIpc) is 3.36. The number of methoxy groups -OCH3 is 1. The lowest BCUT2D eigenvalue weighted by molar-refractivity contribution is -0.125. The Kier molecular flexibility index (Phi) is 6.65. The Morgan fingerprint density at radius 2 is 1.91 bits per heavy atom. The molecule has 0 aromatic heterocycles. The molecule has 33 heavy (non-hydrogen) atoms. The van der Waals surface area contributed by atoms with E-state index in [0.717, 1.165) is 62.1 Å². The maximum Gasteiger partial charge on any atom is 0.225 e. The number of likely N-dealkylation sites (tertiary alicyclic amines) is 1. The minimum atomic E-state index is -0.102. The van der Waals surface area contributed by atoms with Crippen LogP contribution in [0.15, 0.2) is 42.5 Å². The molecule has 176 valence electrons. The first-order valence-corrected chi connectivity index (χ1v) is 12.4. The number of para-hydroxylation sites is 1. The molecule has 2 aromatic rings. The summed E-state index contributed by atoms with van der Waals surface area (Å²) in [6, 6.07) is 14.3. The molecule has 0 aliphatic carbocycles. The third-order valence-corrected chi connectivity index (χ3v) is 7.70. The predicted octanol–water partition coefficient (Wildman–Crippen LogP) is 3.43. The van der Waals surface area contributed by atoms with Gasteiger partial charge in [-0.15, -0.1) is 0 Å². The second-order valence-corrected chi connectivity index (χ2v) is 9.71. The molecule has 7 heteroatoms. The normalized spacial score (nSPS) is 22.6. The van der Waals surface area contributed by atoms with Crippen LogP contribution in [-0.2, 0) is 11.2 Å². The Labute approximate surface area is 201 Å². The molecule has 0 radical (unpaired) electrons. The van der Waals surface area contributed by atoms with Crippen molar-refractivity contribution in [3.05, 3.63) is 53.1 Å². The number of benzene rings is 2. The van der Waals surface area contributed by atoms with Gasteiger partial charge in [0.2, 0.25) is 5.91 Å². The van der Waals surface area contributed by atoms with Gasteiger partial charge in [0.15, 0.2) is 0 Å². The van der Waals surface area contributed by atoms with Gasteiger partial charge in [0.25, 0.3) is 0 Å². The van der Waals surface area contributed by atoms with Crippen molar-refractivity contribution in [2.75, 3.05) is 62.7 Å². The zero-order chi connectivity index (χ0) is 22.8. The molecular formula is C26H33ClN4O2. The number of hydrogen-bond donors (Lipinski definition) is 1. The first kappa shape index (κ1) is 22.4. The van der Waals surface area contributed by atoms with Crippen LogP contribution in [0.5, 0.6) is 5.75 Å². The lowest BCUT2D eigenvalue weighted by atomic mass is 9.83. The van der Waals surface area contributed by atoms with Crippen LogP contribution in [0.2, 0.25) is 5.02 Å². The molecule has 3 heterocycles. The summed E-state index contributed by atoms with van der Waals surface area (Å²) < 4.78 is 5.50. The van der Waals surface area contributed by atoms with Crippen LogP contribution in [0.25, 0.3) is 0 Å². The first-order valence-electron chi connectivity index (χ1n) is 12.1. The van der Waals surface area contributed by atoms with Crippen LogP contribution < -0.4 is 19.9 Å². The van der Waals surface area contributed by atoms with E-state index in [-0.39, 0.29) is 17.9 Å². The highest BCUT2D eigenvalue weighted by Crippen LogP contribution is 2.39. The van der Waals surface area contributed by atoms with E-state index in [0.29, 0.717) is 6.54 Å². The summed E-state index contributed by atoms with van der Waals surface area (Å²) in [7, 11) is 1.70. The fraction of sp³-hybridized carbons (Fsp3) is 0.500. The van der Waals surface area contributed by atoms with Gasteiger partial charge < -0.3 is 24.8 Å². The summed E-state index contributed by atoms with van der Waals surface area (Å²) in [5.41, 5.74) is 3.46. The van der Waals surface area contributed by atoms with Crippen molar-refractivity contribution in [1.29, 1.82) is 0 Å². The van der Waals surface area contributed by atoms with Gasteiger partial charge in [-0.05, 0) is 56.1 Å². The van der Waals surface area contributed by atoms with Crippen molar-refractivity contribution < 1.29 is 9.53 Å². The molecule has 0 spiro atoms. The molecule has 0 saturated carbocycles. The molecule has 2 saturated heterocycles. The number of anilines is 2. The zero-order valence-corrected chi connectivity index (χ0v) is 20.1. The molecule has 1 amide bonds. The molecule has 0 bridgehead atoms. The summed E-state index contributed by atoms with van der Waals surface area (Å²) in [6.45, 7) is 6.42. The molecule has 5 rings (SSSR count). The van der Waals surface area contributed by atoms with Gasteiger partial charge in [0.05, 0.1) is 29.8 Å². The lowest BCUT2D eigenvalue weighted by Crippen LogP contribution is -2.61. The number of fused-ring (bicyclic) bond motifs is 3. The van der Waals surface area contributed by atoms with Crippen molar-refractivity contribution in [2.45, 2.75) is 25.3 Å². The largest absolute Gasteiger partial charge is 0.497 e. The van der Waals surface area contributed by atoms with Gasteiger partial charge in [-0.2, -0.15) is 0 Å². The maximum atomic E-state index is 13.4. The minimum absolute atomic E-state index is 0.0846. The number of hydrogen-bond acceptors (Lipinski definition) is 5. The predicted molar refractivity (Wildman–Crippen MR) is 134 cm³/mol. The van der Waals surface area contributed by atoms with Crippen LogP contribution in [0.3, 0.4) is 0 Å². The summed E-state index contributed by atoms with van der Waals surface area (Å²) in [5.74, 6) is 0.913. The second kappa shape index (κ2) is 9.82. The maximum absolute atomic E-state index is 13.4. The van der Waals surface area contributed by atoms with E-state index in [9.17, 15) is 4.79 Å². The van der Waals surface area contributed by atoms with E-state index in [1.54, 1.807) is 7.11 Å². The van der Waals surface area contributed by atoms with Crippen molar-refractivity contribution >= 4 is 28.9 Å². The van der Waals surface area contributed by atoms with Crippen LogP contribution in [0.4, 0.5) is 11.4 Å². The van der Waals surface area contributed by atoms with E-state index in [2.05, 4.69) is 38.2 Å². The molecule has 2 atom stereocenters. The van der Waals surface area contributed by atoms with Crippen molar-refractivity contribution in [1.82, 2.24) is 10.2 Å². The SMILES string of the molecule is COc1ccc2c(c1)N1CCN(c3ccccc3Cl)C[C@H]1[C@@H](C(=O)NCCN1CCCC1)C2. The van der Waals surface area contributed by atoms with Crippen molar-refractivity contribution in [3.8, 4) is 5.75 Å². The van der Waals surface area contributed by atoms with Crippen LogP contribution in [0.1, 0.15) is 18.4 Å². The van der Waals surface area contributed by atoms with Crippen LogP contribution in [0, 0.1) is 5.92 Å². The Morgan fingerprint density at radius 3 is 2.70 bits per heavy atom. The smallest absolute Gasteiger partial charge is 0.225 e. The number of nitrogens with one attached hydrogen (secondary N) is 1. The Balaban J connectivity index is 1.37. The highest BCUT2D eigenvalue weighted by Gasteiger charge is 2.42. The topological polar surface area (TPSA) is 48.1 Å². The Morgan fingerprint density at radius 1 is 1.09 bits per heavy atom. The van der Waals surface area contributed by atoms with E-state index < -0.39 is 0 Å². The third-order valence-electron chi connectivity index (χ3n) is 7.38. The number of ether oxygens (including phenoxy) is 1. The fourth-order valence-electron chi connectivity index (χ4n) is 5.61. The monoisotopic (exact) mass is 468 g/mol. The van der Waals surface area contributed by atoms with Crippen molar-refractivity contribution in [2.24, 2.45) is 5.92 Å². The average molecular weight is 469 g/mol. The van der Waals surface area contributed by atoms with E-state index in [4.69, 9.17) is 16.3 Å². The Hall–Kier alpha value is -2.44. The van der Waals surface area contributed by atoms with E-state index in [1.165, 1.54) is 24.1 Å². The van der Waals surface area contributed by atoms with Gasteiger partial charge in [-0.25, -0.2) is 0 Å². The molecule has 0 unspecified atom stereocenters. The van der Waals surface area contributed by atoms with Gasteiger partial charge in [-0.3, -0.25) is 4.79 Å². The lowest BCUT2D eigenvalue weighted by Gasteiger charge is -2.49. The quantitative estimate of drug-likeness (QED) is 0.703. The summed E-state index contributed by atoms with van der Waals surface area (Å²) in [6.07, 6.45) is 3.28. The zero-order valence-electron chi connectivity index (χ0n) is 19.3. The van der Waals surface area contributed by atoms with E-state index in [1.807, 2.05) is 24.3 Å². The molecule has 3 aliphatic rings. The molecule has 6 nitrogen and oxygen atoms in total. The number of nitrogens with zero attached hydrogens (tertiary/aromatic N) is 3. The third kappa shape index (κ3) is 4.64. The Bertz CT molecular complexity index is 994. The molecule has 1 N–H and O–H groups in total. The molecular weight excluding hydrogens is 436 g/mol. The molecule has 3 aliphatic heterocycles. The number of carbonyl (C=O) groups excluding carboxylic acids is 1. The standard InChI is InChI=1S/C26H33ClN4O2/c1-33-20-9-8-19-16-21(26(32)28-10-13-29-11-4-5-12-29)25-18-30(14-15-31(25)24(19)17-20)23-7-3-2-6-22(23)27/h2-3,6-9,17,21,25H,4-5,10-16,18H2,1H3,(H,28,32)/t21-,25-/m0/s1. The van der Waals surface area contributed by atoms with Gasteiger partial charge in [-0.1, -0.05) is 29.8 Å². The number of halogens is 1. The van der Waals surface area contributed by atoms with Crippen LogP contribution in [-0.4, -0.2) is 69.8 Å². The van der Waals surface area contributed by atoms with Crippen LogP contribution >= 0.6 is 11.6 Å². The fourth-order valence-corrected chi connectivity index (χ4v) is 5.86. The van der Waals surface area contributed by atoms with E-state index >= 15 is 0 Å². The molecule has 2 fully saturated rings. The summed E-state index contributed by atoms with van der Waals surface area (Å²) in [4.78, 5) is 20.6. The van der Waals surface area contributed by atoms with Gasteiger partial charge in [0, 0.05) is 44.5 Å². The van der Waals surface area contributed by atoms with Crippen molar-refractivity contribution in [3.63, 3.8) is 0 Å². The number of carbonyl (C=O) groups is 1. The highest BCUT2D eigenvalue weighted by atomic mass is 35.5.